The Kier molecular flexibility index (Phi) is 3.89. The summed E-state index contributed by atoms with van der Waals surface area (Å²) in [6.07, 6.45) is 3.97. The summed E-state index contributed by atoms with van der Waals surface area (Å²) in [7, 11) is 0. The normalized spacial score (nSPS) is 21.3. The van der Waals surface area contributed by atoms with Crippen LogP contribution in [0, 0.1) is 0 Å². The van der Waals surface area contributed by atoms with Gasteiger partial charge in [0, 0.05) is 18.0 Å². The third-order valence-corrected chi connectivity index (χ3v) is 2.96. The first-order chi connectivity index (χ1) is 6.58. The van der Waals surface area contributed by atoms with Gasteiger partial charge in [0.15, 0.2) is 0 Å². The van der Waals surface area contributed by atoms with Crippen LogP contribution in [0.2, 0.25) is 0 Å². The number of hydrogen-bond acceptors (Lipinski definition) is 3. The zero-order valence-corrected chi connectivity index (χ0v) is 8.62. The fourth-order valence-electron chi connectivity index (χ4n) is 1.89. The molecule has 0 aliphatic heterocycles. The van der Waals surface area contributed by atoms with E-state index in [0.29, 0.717) is 6.42 Å². The van der Waals surface area contributed by atoms with Crippen LogP contribution in [0.3, 0.4) is 0 Å². The van der Waals surface area contributed by atoms with Gasteiger partial charge in [0.1, 0.15) is 0 Å². The van der Waals surface area contributed by atoms with Crippen LogP contribution in [-0.2, 0) is 4.79 Å². The first kappa shape index (κ1) is 11.5. The summed E-state index contributed by atoms with van der Waals surface area (Å²) in [6, 6.07) is 0.165. The van der Waals surface area contributed by atoms with Crippen molar-refractivity contribution in [1.29, 1.82) is 0 Å². The maximum absolute atomic E-state index is 10.3. The van der Waals surface area contributed by atoms with E-state index in [9.17, 15) is 9.90 Å². The van der Waals surface area contributed by atoms with Crippen LogP contribution in [0.15, 0.2) is 0 Å². The van der Waals surface area contributed by atoms with Crippen molar-refractivity contribution in [2.45, 2.75) is 50.6 Å². The van der Waals surface area contributed by atoms with Crippen molar-refractivity contribution in [1.82, 2.24) is 5.32 Å². The number of carbonyl (C=O) groups is 1. The molecule has 0 heterocycles. The minimum atomic E-state index is -0.759. The van der Waals surface area contributed by atoms with Gasteiger partial charge in [-0.05, 0) is 32.6 Å². The van der Waals surface area contributed by atoms with Gasteiger partial charge in [-0.2, -0.15) is 0 Å². The Morgan fingerprint density at radius 3 is 2.57 bits per heavy atom. The summed E-state index contributed by atoms with van der Waals surface area (Å²) >= 11 is 0. The molecule has 3 N–H and O–H groups in total. The van der Waals surface area contributed by atoms with Crippen LogP contribution in [0.5, 0.6) is 0 Å². The van der Waals surface area contributed by atoms with E-state index in [1.807, 2.05) is 6.92 Å². The number of carboxylic acid groups (broad SMARTS) is 1. The van der Waals surface area contributed by atoms with Crippen LogP contribution in [0.1, 0.15) is 39.0 Å². The van der Waals surface area contributed by atoms with Crippen LogP contribution in [-0.4, -0.2) is 34.4 Å². The average molecular weight is 201 g/mol. The number of hydrogen-bond donors (Lipinski definition) is 3. The van der Waals surface area contributed by atoms with Crippen LogP contribution in [0.4, 0.5) is 0 Å². The van der Waals surface area contributed by atoms with Gasteiger partial charge in [0.05, 0.1) is 6.61 Å². The van der Waals surface area contributed by atoms with Crippen molar-refractivity contribution in [2.75, 3.05) is 6.61 Å². The Bertz CT molecular complexity index is 196. The quantitative estimate of drug-likeness (QED) is 0.593. The summed E-state index contributed by atoms with van der Waals surface area (Å²) in [5.41, 5.74) is -0.113. The Balaban J connectivity index is 2.24. The van der Waals surface area contributed by atoms with Crippen molar-refractivity contribution in [2.24, 2.45) is 0 Å². The van der Waals surface area contributed by atoms with Gasteiger partial charge in [-0.15, -0.1) is 0 Å². The fraction of sp³-hybridized carbons (Fsp3) is 0.900. The van der Waals surface area contributed by atoms with Crippen molar-refractivity contribution < 1.29 is 15.0 Å². The Hall–Kier alpha value is -0.610. The number of rotatable bonds is 6. The molecule has 0 amide bonds. The van der Waals surface area contributed by atoms with Crippen LogP contribution < -0.4 is 5.32 Å². The second kappa shape index (κ2) is 4.75. The molecule has 1 unspecified atom stereocenters. The minimum Gasteiger partial charge on any atom is -0.481 e. The van der Waals surface area contributed by atoms with Gasteiger partial charge in [-0.25, -0.2) is 0 Å². The molecule has 0 aromatic heterocycles. The maximum atomic E-state index is 10.3. The van der Waals surface area contributed by atoms with E-state index < -0.39 is 5.97 Å². The largest absolute Gasteiger partial charge is 0.481 e. The van der Waals surface area contributed by atoms with E-state index in [1.165, 1.54) is 0 Å². The van der Waals surface area contributed by atoms with E-state index in [4.69, 9.17) is 5.11 Å². The highest BCUT2D eigenvalue weighted by Crippen LogP contribution is 2.31. The summed E-state index contributed by atoms with van der Waals surface area (Å²) in [5, 5.41) is 21.0. The van der Waals surface area contributed by atoms with Crippen molar-refractivity contribution in [3.05, 3.63) is 0 Å². The first-order valence-corrected chi connectivity index (χ1v) is 5.18. The maximum Gasteiger partial charge on any atom is 0.303 e. The van der Waals surface area contributed by atoms with Crippen LogP contribution in [0.25, 0.3) is 0 Å². The molecule has 0 saturated heterocycles. The Labute approximate surface area is 84.3 Å². The molecule has 1 atom stereocenters. The van der Waals surface area contributed by atoms with Gasteiger partial charge in [-0.1, -0.05) is 0 Å². The molecule has 14 heavy (non-hydrogen) atoms. The highest BCUT2D eigenvalue weighted by molar-refractivity contribution is 5.66. The summed E-state index contributed by atoms with van der Waals surface area (Å²) in [6.45, 7) is 2.13. The van der Waals surface area contributed by atoms with E-state index in [-0.39, 0.29) is 24.6 Å². The minimum absolute atomic E-state index is 0.113. The number of aliphatic hydroxyl groups excluding tert-OH is 1. The summed E-state index contributed by atoms with van der Waals surface area (Å²) in [5.74, 6) is -0.759. The molecule has 82 valence electrons. The molecular formula is C10H19NO3. The lowest BCUT2D eigenvalue weighted by molar-refractivity contribution is -0.137. The first-order valence-electron chi connectivity index (χ1n) is 5.18. The highest BCUT2D eigenvalue weighted by atomic mass is 16.4. The molecule has 0 spiro atoms. The SMILES string of the molecule is CC(CCC(=O)O)NC1(CO)CCC1. The lowest BCUT2D eigenvalue weighted by Gasteiger charge is -2.43. The molecule has 4 nitrogen and oxygen atoms in total. The Morgan fingerprint density at radius 2 is 2.21 bits per heavy atom. The standard InChI is InChI=1S/C10H19NO3/c1-8(3-4-9(13)14)11-10(7-12)5-2-6-10/h8,11-12H,2-7H2,1H3,(H,13,14). The molecule has 0 bridgehead atoms. The summed E-state index contributed by atoms with van der Waals surface area (Å²) < 4.78 is 0. The molecule has 1 rings (SSSR count). The molecule has 4 heteroatoms. The molecule has 1 aliphatic rings. The number of carboxylic acids is 1. The van der Waals surface area contributed by atoms with Crippen molar-refractivity contribution >= 4 is 5.97 Å². The topological polar surface area (TPSA) is 69.6 Å². The van der Waals surface area contributed by atoms with E-state index in [2.05, 4.69) is 5.32 Å². The Morgan fingerprint density at radius 1 is 1.57 bits per heavy atom. The molecule has 1 fully saturated rings. The van der Waals surface area contributed by atoms with Gasteiger partial charge >= 0.3 is 5.97 Å². The van der Waals surface area contributed by atoms with Crippen molar-refractivity contribution in [3.63, 3.8) is 0 Å². The second-order valence-electron chi connectivity index (χ2n) is 4.27. The second-order valence-corrected chi connectivity index (χ2v) is 4.27. The van der Waals surface area contributed by atoms with Gasteiger partial charge in [0.2, 0.25) is 0 Å². The van der Waals surface area contributed by atoms with Gasteiger partial charge in [0.25, 0.3) is 0 Å². The van der Waals surface area contributed by atoms with Crippen molar-refractivity contribution in [3.8, 4) is 0 Å². The predicted octanol–water partition coefficient (Wildman–Crippen LogP) is 0.744. The van der Waals surface area contributed by atoms with E-state index >= 15 is 0 Å². The molecule has 1 saturated carbocycles. The molecule has 1 aliphatic carbocycles. The monoisotopic (exact) mass is 201 g/mol. The third-order valence-electron chi connectivity index (χ3n) is 2.96. The summed E-state index contributed by atoms with van der Waals surface area (Å²) in [4.78, 5) is 10.3. The fourth-order valence-corrected chi connectivity index (χ4v) is 1.89. The van der Waals surface area contributed by atoms with E-state index in [1.54, 1.807) is 0 Å². The molecular weight excluding hydrogens is 182 g/mol. The van der Waals surface area contributed by atoms with Crippen LogP contribution >= 0.6 is 0 Å². The molecule has 0 aromatic rings. The molecule has 0 aromatic carbocycles. The van der Waals surface area contributed by atoms with Gasteiger partial charge in [-0.3, -0.25) is 4.79 Å². The number of aliphatic carboxylic acids is 1. The molecule has 0 radical (unpaired) electrons. The highest BCUT2D eigenvalue weighted by Gasteiger charge is 2.36. The average Bonchev–Trinajstić information content (AvgIpc) is 2.08. The third kappa shape index (κ3) is 2.96. The lowest BCUT2D eigenvalue weighted by atomic mass is 9.77. The zero-order valence-electron chi connectivity index (χ0n) is 8.62. The van der Waals surface area contributed by atoms with E-state index in [0.717, 1.165) is 19.3 Å². The number of nitrogens with one attached hydrogen (secondary N) is 1. The van der Waals surface area contributed by atoms with Gasteiger partial charge < -0.3 is 15.5 Å². The lowest BCUT2D eigenvalue weighted by Crippen LogP contribution is -2.56. The predicted molar refractivity (Wildman–Crippen MR) is 53.1 cm³/mol. The number of aliphatic hydroxyl groups is 1. The smallest absolute Gasteiger partial charge is 0.303 e. The zero-order chi connectivity index (χ0) is 10.6.